The van der Waals surface area contributed by atoms with E-state index >= 15 is 0 Å². The maximum Gasteiger partial charge on any atom is 0.416 e. The summed E-state index contributed by atoms with van der Waals surface area (Å²) in [5.41, 5.74) is 1.44. The molecule has 2 aromatic carbocycles. The molecular weight excluding hydrogens is 261 g/mol. The first-order chi connectivity index (χ1) is 9.39. The van der Waals surface area contributed by atoms with Crippen molar-refractivity contribution in [1.82, 2.24) is 0 Å². The molecule has 0 heterocycles. The van der Waals surface area contributed by atoms with Crippen LogP contribution in [0.1, 0.15) is 36.5 Å². The highest BCUT2D eigenvalue weighted by Gasteiger charge is 2.30. The Bertz CT molecular complexity index is 539. The Morgan fingerprint density at radius 2 is 1.25 bits per heavy atom. The molecule has 0 radical (unpaired) electrons. The van der Waals surface area contributed by atoms with E-state index in [0.717, 1.165) is 23.3 Å². The van der Waals surface area contributed by atoms with Crippen molar-refractivity contribution < 1.29 is 13.2 Å². The molecule has 0 saturated heterocycles. The Balaban J connectivity index is 2.37. The zero-order valence-corrected chi connectivity index (χ0v) is 11.5. The number of halogens is 3. The predicted molar refractivity (Wildman–Crippen MR) is 74.6 cm³/mol. The minimum atomic E-state index is -4.28. The third-order valence-corrected chi connectivity index (χ3v) is 3.42. The summed E-state index contributed by atoms with van der Waals surface area (Å²) in [6.45, 7) is 4.16. The Morgan fingerprint density at radius 1 is 0.750 bits per heavy atom. The van der Waals surface area contributed by atoms with Gasteiger partial charge in [0.25, 0.3) is 0 Å². The summed E-state index contributed by atoms with van der Waals surface area (Å²) in [6.07, 6.45) is -4.28. The van der Waals surface area contributed by atoms with Crippen molar-refractivity contribution in [1.29, 1.82) is 0 Å². The first kappa shape index (κ1) is 14.6. The second-order valence-electron chi connectivity index (χ2n) is 5.25. The molecule has 1 unspecified atom stereocenters. The Morgan fingerprint density at radius 3 is 1.70 bits per heavy atom. The molecule has 20 heavy (non-hydrogen) atoms. The van der Waals surface area contributed by atoms with Crippen molar-refractivity contribution in [3.63, 3.8) is 0 Å². The van der Waals surface area contributed by atoms with E-state index in [4.69, 9.17) is 0 Å². The molecule has 3 heteroatoms. The second-order valence-corrected chi connectivity index (χ2v) is 5.25. The lowest BCUT2D eigenvalue weighted by Gasteiger charge is -2.22. The van der Waals surface area contributed by atoms with Gasteiger partial charge in [0, 0.05) is 5.92 Å². The van der Waals surface area contributed by atoms with Gasteiger partial charge < -0.3 is 0 Å². The lowest BCUT2D eigenvalue weighted by atomic mass is 9.82. The summed E-state index contributed by atoms with van der Waals surface area (Å²) >= 11 is 0. The van der Waals surface area contributed by atoms with Crippen LogP contribution in [0.15, 0.2) is 54.6 Å². The highest BCUT2D eigenvalue weighted by molar-refractivity contribution is 5.35. The van der Waals surface area contributed by atoms with Gasteiger partial charge in [-0.3, -0.25) is 0 Å². The van der Waals surface area contributed by atoms with E-state index in [-0.39, 0.29) is 5.92 Å². The van der Waals surface area contributed by atoms with E-state index in [1.54, 1.807) is 12.1 Å². The average Bonchev–Trinajstić information content (AvgIpc) is 2.39. The minimum absolute atomic E-state index is 0.110. The maximum absolute atomic E-state index is 12.6. The Kier molecular flexibility index (Phi) is 4.17. The third-order valence-electron chi connectivity index (χ3n) is 3.42. The Hall–Kier alpha value is -1.77. The third kappa shape index (κ3) is 3.21. The number of hydrogen-bond donors (Lipinski definition) is 0. The fourth-order valence-corrected chi connectivity index (χ4v) is 2.50. The lowest BCUT2D eigenvalue weighted by Crippen LogP contribution is -2.10. The van der Waals surface area contributed by atoms with Crippen LogP contribution in [-0.4, -0.2) is 0 Å². The SMILES string of the molecule is CC(C)C(c1ccccc1)c1ccc(C(F)(F)F)cc1. The zero-order chi connectivity index (χ0) is 14.8. The molecule has 0 saturated carbocycles. The van der Waals surface area contributed by atoms with Gasteiger partial charge in [0.15, 0.2) is 0 Å². The largest absolute Gasteiger partial charge is 0.416 e. The van der Waals surface area contributed by atoms with Crippen LogP contribution in [0.3, 0.4) is 0 Å². The van der Waals surface area contributed by atoms with Crippen LogP contribution in [0.2, 0.25) is 0 Å². The van der Waals surface area contributed by atoms with Gasteiger partial charge in [-0.05, 0) is 29.2 Å². The van der Waals surface area contributed by atoms with Crippen molar-refractivity contribution in [3.8, 4) is 0 Å². The van der Waals surface area contributed by atoms with Crippen molar-refractivity contribution in [2.24, 2.45) is 5.92 Å². The molecule has 0 aliphatic rings. The van der Waals surface area contributed by atoms with Crippen LogP contribution < -0.4 is 0 Å². The van der Waals surface area contributed by atoms with Crippen molar-refractivity contribution in [2.45, 2.75) is 25.9 Å². The number of rotatable bonds is 3. The van der Waals surface area contributed by atoms with Gasteiger partial charge in [0.2, 0.25) is 0 Å². The van der Waals surface area contributed by atoms with Crippen molar-refractivity contribution in [3.05, 3.63) is 71.3 Å². The molecule has 0 aliphatic heterocycles. The molecule has 0 aromatic heterocycles. The molecule has 2 rings (SSSR count). The minimum Gasteiger partial charge on any atom is -0.166 e. The highest BCUT2D eigenvalue weighted by atomic mass is 19.4. The fraction of sp³-hybridized carbons (Fsp3) is 0.294. The molecule has 0 amide bonds. The highest BCUT2D eigenvalue weighted by Crippen LogP contribution is 2.34. The monoisotopic (exact) mass is 278 g/mol. The lowest BCUT2D eigenvalue weighted by molar-refractivity contribution is -0.137. The van der Waals surface area contributed by atoms with Gasteiger partial charge in [-0.1, -0.05) is 56.3 Å². The average molecular weight is 278 g/mol. The first-order valence-corrected chi connectivity index (χ1v) is 6.61. The molecule has 0 fully saturated rings. The fourth-order valence-electron chi connectivity index (χ4n) is 2.50. The van der Waals surface area contributed by atoms with Gasteiger partial charge in [0.05, 0.1) is 5.56 Å². The quantitative estimate of drug-likeness (QED) is 0.696. The second kappa shape index (κ2) is 5.70. The van der Waals surface area contributed by atoms with Crippen LogP contribution in [0.5, 0.6) is 0 Å². The summed E-state index contributed by atoms with van der Waals surface area (Å²) in [7, 11) is 0. The van der Waals surface area contributed by atoms with Gasteiger partial charge in [0.1, 0.15) is 0 Å². The van der Waals surface area contributed by atoms with E-state index in [2.05, 4.69) is 13.8 Å². The normalized spacial score (nSPS) is 13.5. The van der Waals surface area contributed by atoms with Crippen molar-refractivity contribution >= 4 is 0 Å². The molecule has 1 atom stereocenters. The topological polar surface area (TPSA) is 0 Å². The van der Waals surface area contributed by atoms with E-state index in [1.807, 2.05) is 30.3 Å². The van der Waals surface area contributed by atoms with Gasteiger partial charge in [-0.25, -0.2) is 0 Å². The van der Waals surface area contributed by atoms with Crippen LogP contribution >= 0.6 is 0 Å². The predicted octanol–water partition coefficient (Wildman–Crippen LogP) is 5.49. The zero-order valence-electron chi connectivity index (χ0n) is 11.5. The summed E-state index contributed by atoms with van der Waals surface area (Å²) < 4.78 is 37.8. The van der Waals surface area contributed by atoms with Crippen LogP contribution in [0.4, 0.5) is 13.2 Å². The molecule has 0 aliphatic carbocycles. The summed E-state index contributed by atoms with van der Waals surface area (Å²) in [6, 6.07) is 15.4. The smallest absolute Gasteiger partial charge is 0.166 e. The maximum atomic E-state index is 12.6. The van der Waals surface area contributed by atoms with E-state index in [9.17, 15) is 13.2 Å². The van der Waals surface area contributed by atoms with Gasteiger partial charge in [-0.2, -0.15) is 13.2 Å². The van der Waals surface area contributed by atoms with Crippen LogP contribution in [-0.2, 0) is 6.18 Å². The first-order valence-electron chi connectivity index (χ1n) is 6.61. The van der Waals surface area contributed by atoms with E-state index < -0.39 is 11.7 Å². The standard InChI is InChI=1S/C17H17F3/c1-12(2)16(13-6-4-3-5-7-13)14-8-10-15(11-9-14)17(18,19)20/h3-12,16H,1-2H3. The number of benzene rings is 2. The summed E-state index contributed by atoms with van der Waals surface area (Å²) in [4.78, 5) is 0. The molecule has 0 bridgehead atoms. The van der Waals surface area contributed by atoms with Crippen molar-refractivity contribution in [2.75, 3.05) is 0 Å². The molecular formula is C17H17F3. The van der Waals surface area contributed by atoms with Gasteiger partial charge >= 0.3 is 6.18 Å². The Labute approximate surface area is 117 Å². The van der Waals surface area contributed by atoms with Crippen LogP contribution in [0, 0.1) is 5.92 Å². The molecule has 106 valence electrons. The number of alkyl halides is 3. The van der Waals surface area contributed by atoms with E-state index in [0.29, 0.717) is 5.92 Å². The molecule has 2 aromatic rings. The summed E-state index contributed by atoms with van der Waals surface area (Å²) in [5, 5.41) is 0. The number of hydrogen-bond acceptors (Lipinski definition) is 0. The molecule has 0 N–H and O–H groups in total. The van der Waals surface area contributed by atoms with E-state index in [1.165, 1.54) is 0 Å². The molecule has 0 nitrogen and oxygen atoms in total. The van der Waals surface area contributed by atoms with Gasteiger partial charge in [-0.15, -0.1) is 0 Å². The molecule has 0 spiro atoms. The van der Waals surface area contributed by atoms with Crippen LogP contribution in [0.25, 0.3) is 0 Å². The summed E-state index contributed by atoms with van der Waals surface area (Å²) in [5.74, 6) is 0.424.